The first-order valence-electron chi connectivity index (χ1n) is 11.2. The average molecular weight is 424 g/mol. The van der Waals surface area contributed by atoms with Crippen LogP contribution in [0.5, 0.6) is 0 Å². The van der Waals surface area contributed by atoms with E-state index in [9.17, 15) is 9.70 Å². The Morgan fingerprint density at radius 1 is 1.06 bits per heavy atom. The molecule has 0 saturated carbocycles. The van der Waals surface area contributed by atoms with E-state index in [0.717, 1.165) is 51.1 Å². The molecule has 1 atom stereocenters. The lowest BCUT2D eigenvalue weighted by Crippen LogP contribution is -2.46. The Balaban J connectivity index is 1.35. The zero-order valence-electron chi connectivity index (χ0n) is 18.4. The Bertz CT molecular complexity index is 845. The number of carbonyl (C=O) groups is 1. The highest BCUT2D eigenvalue weighted by atomic mass is 16.4. The number of carboxylic acid groups (broad SMARTS) is 1. The number of aryl methyl sites for hydroxylation is 2. The van der Waals surface area contributed by atoms with Crippen molar-refractivity contribution in [1.82, 2.24) is 4.90 Å². The van der Waals surface area contributed by atoms with Crippen LogP contribution in [0.1, 0.15) is 48.4 Å². The van der Waals surface area contributed by atoms with Gasteiger partial charge in [-0.15, -0.1) is 0 Å². The summed E-state index contributed by atoms with van der Waals surface area (Å²) in [6.45, 7) is 7.66. The predicted molar refractivity (Wildman–Crippen MR) is 125 cm³/mol. The molecule has 1 N–H and O–H groups in total. The highest BCUT2D eigenvalue weighted by Crippen LogP contribution is 2.23. The Labute approximate surface area is 184 Å². The van der Waals surface area contributed by atoms with Gasteiger partial charge in [0.05, 0.1) is 0 Å². The zero-order valence-corrected chi connectivity index (χ0v) is 18.4. The van der Waals surface area contributed by atoms with Crippen molar-refractivity contribution >= 4 is 11.7 Å². The molecule has 1 heterocycles. The van der Waals surface area contributed by atoms with Gasteiger partial charge in [-0.2, -0.15) is 4.91 Å². The van der Waals surface area contributed by atoms with E-state index in [4.69, 9.17) is 5.11 Å². The van der Waals surface area contributed by atoms with Crippen molar-refractivity contribution in [1.29, 1.82) is 0 Å². The molecule has 1 fully saturated rings. The number of nitrogens with zero attached hydrogens (tertiary/aromatic N) is 3. The van der Waals surface area contributed by atoms with Gasteiger partial charge in [0.25, 0.3) is 0 Å². The number of unbranched alkanes of at least 4 members (excludes halogenated alkanes) is 1. The zero-order chi connectivity index (χ0) is 22.1. The summed E-state index contributed by atoms with van der Waals surface area (Å²) >= 11 is 0. The van der Waals surface area contributed by atoms with Gasteiger partial charge in [0.1, 0.15) is 6.04 Å². The lowest BCUT2D eigenvalue weighted by atomic mass is 9.99. The van der Waals surface area contributed by atoms with Gasteiger partial charge in [-0.3, -0.25) is 9.69 Å². The fourth-order valence-corrected chi connectivity index (χ4v) is 4.17. The van der Waals surface area contributed by atoms with Crippen LogP contribution in [0, 0.1) is 11.8 Å². The normalized spacial score (nSPS) is 15.6. The van der Waals surface area contributed by atoms with Crippen molar-refractivity contribution in [2.45, 2.75) is 45.1 Å². The Kier molecular flexibility index (Phi) is 8.59. The van der Waals surface area contributed by atoms with Crippen molar-refractivity contribution in [3.8, 4) is 0 Å². The third kappa shape index (κ3) is 7.17. The van der Waals surface area contributed by atoms with Gasteiger partial charge in [-0.05, 0) is 68.0 Å². The van der Waals surface area contributed by atoms with Crippen LogP contribution in [0.2, 0.25) is 0 Å². The molecule has 3 rings (SSSR count). The van der Waals surface area contributed by atoms with Gasteiger partial charge in [-0.1, -0.05) is 41.6 Å². The second-order valence-corrected chi connectivity index (χ2v) is 8.42. The minimum Gasteiger partial charge on any atom is -0.481 e. The van der Waals surface area contributed by atoms with Crippen molar-refractivity contribution in [2.75, 3.05) is 37.6 Å². The smallest absolute Gasteiger partial charge is 0.303 e. The van der Waals surface area contributed by atoms with Crippen LogP contribution in [0.25, 0.3) is 0 Å². The lowest BCUT2D eigenvalue weighted by Gasteiger charge is -2.36. The standard InChI is InChI=1S/C25H33N3O3/c1-20-5-4-7-23(19-20)28-17-15-27(16-18-28)14-3-2-6-21-8-10-22(11-9-21)24(26-31)12-13-25(29)30/h4-5,7-11,19,24H,2-3,6,12-18H2,1H3,(H,29,30). The number of piperazine rings is 1. The summed E-state index contributed by atoms with van der Waals surface area (Å²) in [5.41, 5.74) is 4.69. The highest BCUT2D eigenvalue weighted by molar-refractivity contribution is 5.66. The number of aliphatic carboxylic acids is 1. The molecule has 1 aliphatic rings. The van der Waals surface area contributed by atoms with Gasteiger partial charge >= 0.3 is 5.97 Å². The molecule has 0 bridgehead atoms. The summed E-state index contributed by atoms with van der Waals surface area (Å²) in [6, 6.07) is 16.1. The first-order valence-corrected chi connectivity index (χ1v) is 11.2. The van der Waals surface area contributed by atoms with Gasteiger partial charge in [-0.25, -0.2) is 0 Å². The Morgan fingerprint density at radius 3 is 2.45 bits per heavy atom. The molecular formula is C25H33N3O3. The molecular weight excluding hydrogens is 390 g/mol. The molecule has 0 aromatic heterocycles. The van der Waals surface area contributed by atoms with E-state index in [1.54, 1.807) is 0 Å². The second-order valence-electron chi connectivity index (χ2n) is 8.42. The Hall–Kier alpha value is -2.73. The Morgan fingerprint density at radius 2 is 1.81 bits per heavy atom. The van der Waals surface area contributed by atoms with Crippen LogP contribution >= 0.6 is 0 Å². The topological polar surface area (TPSA) is 73.2 Å². The maximum absolute atomic E-state index is 11.0. The van der Waals surface area contributed by atoms with Gasteiger partial charge < -0.3 is 10.0 Å². The molecule has 166 valence electrons. The molecule has 6 nitrogen and oxygen atoms in total. The summed E-state index contributed by atoms with van der Waals surface area (Å²) in [5.74, 6) is -0.901. The number of anilines is 1. The van der Waals surface area contributed by atoms with Crippen LogP contribution in [-0.4, -0.2) is 48.7 Å². The minimum atomic E-state index is -0.901. The molecule has 0 radical (unpaired) electrons. The fourth-order valence-electron chi connectivity index (χ4n) is 4.17. The summed E-state index contributed by atoms with van der Waals surface area (Å²) in [6.07, 6.45) is 3.51. The lowest BCUT2D eigenvalue weighted by molar-refractivity contribution is -0.137. The van der Waals surface area contributed by atoms with E-state index in [2.05, 4.69) is 46.2 Å². The highest BCUT2D eigenvalue weighted by Gasteiger charge is 2.17. The molecule has 1 unspecified atom stereocenters. The first kappa shape index (κ1) is 22.9. The molecule has 2 aromatic rings. The van der Waals surface area contributed by atoms with E-state index >= 15 is 0 Å². The van der Waals surface area contributed by atoms with Crippen molar-refractivity contribution in [3.05, 3.63) is 70.1 Å². The predicted octanol–water partition coefficient (Wildman–Crippen LogP) is 4.81. The number of benzene rings is 2. The van der Waals surface area contributed by atoms with Crippen molar-refractivity contribution in [2.24, 2.45) is 5.18 Å². The van der Waals surface area contributed by atoms with Crippen LogP contribution < -0.4 is 4.90 Å². The molecule has 2 aromatic carbocycles. The first-order chi connectivity index (χ1) is 15.0. The summed E-state index contributed by atoms with van der Waals surface area (Å²) in [7, 11) is 0. The molecule has 0 amide bonds. The SMILES string of the molecule is Cc1cccc(N2CCN(CCCCc3ccc(C(CCC(=O)O)N=O)cc3)CC2)c1. The minimum absolute atomic E-state index is 0.0442. The molecule has 1 saturated heterocycles. The third-order valence-corrected chi connectivity index (χ3v) is 6.05. The molecule has 31 heavy (non-hydrogen) atoms. The number of rotatable bonds is 11. The van der Waals surface area contributed by atoms with Crippen LogP contribution in [0.4, 0.5) is 5.69 Å². The van der Waals surface area contributed by atoms with Crippen LogP contribution in [0.3, 0.4) is 0 Å². The second kappa shape index (κ2) is 11.6. The largest absolute Gasteiger partial charge is 0.481 e. The average Bonchev–Trinajstić information content (AvgIpc) is 2.78. The van der Waals surface area contributed by atoms with Crippen LogP contribution in [-0.2, 0) is 11.2 Å². The number of hydrogen-bond acceptors (Lipinski definition) is 5. The van der Waals surface area contributed by atoms with Crippen molar-refractivity contribution in [3.63, 3.8) is 0 Å². The summed E-state index contributed by atoms with van der Waals surface area (Å²) < 4.78 is 0. The molecule has 6 heteroatoms. The van der Waals surface area contributed by atoms with E-state index in [0.29, 0.717) is 0 Å². The van der Waals surface area contributed by atoms with Gasteiger partial charge in [0.2, 0.25) is 0 Å². The number of carboxylic acids is 1. The van der Waals surface area contributed by atoms with Crippen molar-refractivity contribution < 1.29 is 9.90 Å². The monoisotopic (exact) mass is 423 g/mol. The van der Waals surface area contributed by atoms with Gasteiger partial charge in [0.15, 0.2) is 0 Å². The molecule has 1 aliphatic heterocycles. The van der Waals surface area contributed by atoms with Gasteiger partial charge in [0, 0.05) is 38.3 Å². The van der Waals surface area contributed by atoms with Crippen LogP contribution in [0.15, 0.2) is 53.7 Å². The number of hydrogen-bond donors (Lipinski definition) is 1. The quantitative estimate of drug-likeness (QED) is 0.415. The van der Waals surface area contributed by atoms with E-state index in [-0.39, 0.29) is 12.8 Å². The molecule has 0 spiro atoms. The summed E-state index contributed by atoms with van der Waals surface area (Å²) in [4.78, 5) is 26.8. The van der Waals surface area contributed by atoms with E-state index < -0.39 is 12.0 Å². The number of nitroso groups, excluding NO2 is 1. The third-order valence-electron chi connectivity index (χ3n) is 6.05. The molecule has 0 aliphatic carbocycles. The van der Waals surface area contributed by atoms with E-state index in [1.165, 1.54) is 23.2 Å². The maximum Gasteiger partial charge on any atom is 0.303 e. The maximum atomic E-state index is 11.0. The summed E-state index contributed by atoms with van der Waals surface area (Å²) in [5, 5.41) is 11.9. The van der Waals surface area contributed by atoms with E-state index in [1.807, 2.05) is 24.3 Å². The fraction of sp³-hybridized carbons (Fsp3) is 0.480.